The molecule has 3 N–H and O–H groups in total. The fourth-order valence-corrected chi connectivity index (χ4v) is 2.52. The molecule has 0 spiro atoms. The molecule has 0 amide bonds. The smallest absolute Gasteiger partial charge is 0.0670 e. The maximum Gasteiger partial charge on any atom is 0.0670 e. The molecule has 1 aromatic rings. The Morgan fingerprint density at radius 3 is 3.00 bits per heavy atom. The van der Waals surface area contributed by atoms with Crippen molar-refractivity contribution in [2.24, 2.45) is 0 Å². The summed E-state index contributed by atoms with van der Waals surface area (Å²) in [5, 5.41) is 12.3. The number of nitriles is 1. The molecule has 1 aliphatic heterocycles. The van der Waals surface area contributed by atoms with Crippen molar-refractivity contribution in [1.82, 2.24) is 0 Å². The van der Waals surface area contributed by atoms with Crippen LogP contribution in [0.3, 0.4) is 0 Å². The second-order valence-corrected chi connectivity index (χ2v) is 5.69. The van der Waals surface area contributed by atoms with E-state index in [1.807, 2.05) is 18.2 Å². The van der Waals surface area contributed by atoms with Gasteiger partial charge < -0.3 is 15.8 Å². The van der Waals surface area contributed by atoms with Gasteiger partial charge in [0.2, 0.25) is 0 Å². The van der Waals surface area contributed by atoms with E-state index >= 15 is 0 Å². The van der Waals surface area contributed by atoms with Crippen LogP contribution in [-0.2, 0) is 11.2 Å². The van der Waals surface area contributed by atoms with Gasteiger partial charge in [-0.2, -0.15) is 5.26 Å². The third-order valence-corrected chi connectivity index (χ3v) is 3.48. The summed E-state index contributed by atoms with van der Waals surface area (Å²) in [6, 6.07) is 8.35. The number of nitrogens with zero attached hydrogens (tertiary/aromatic N) is 1. The summed E-state index contributed by atoms with van der Waals surface area (Å²) in [7, 11) is 0. The number of anilines is 2. The first-order valence-electron chi connectivity index (χ1n) is 6.66. The van der Waals surface area contributed by atoms with Crippen LogP contribution in [0.2, 0.25) is 0 Å². The van der Waals surface area contributed by atoms with Crippen molar-refractivity contribution in [1.29, 1.82) is 5.26 Å². The lowest BCUT2D eigenvalue weighted by atomic mass is 9.93. The van der Waals surface area contributed by atoms with E-state index in [4.69, 9.17) is 15.7 Å². The van der Waals surface area contributed by atoms with Gasteiger partial charge >= 0.3 is 0 Å². The molecular weight excluding hydrogens is 238 g/mol. The van der Waals surface area contributed by atoms with E-state index in [2.05, 4.69) is 25.2 Å². The molecule has 19 heavy (non-hydrogen) atoms. The van der Waals surface area contributed by atoms with E-state index in [0.29, 0.717) is 18.2 Å². The lowest BCUT2D eigenvalue weighted by Crippen LogP contribution is -2.40. The summed E-state index contributed by atoms with van der Waals surface area (Å²) in [6.07, 6.45) is 2.33. The fourth-order valence-electron chi connectivity index (χ4n) is 2.52. The van der Waals surface area contributed by atoms with Crippen LogP contribution < -0.4 is 11.1 Å². The predicted octanol–water partition coefficient (Wildman–Crippen LogP) is 2.70. The number of rotatable bonds is 3. The molecule has 0 bridgehead atoms. The monoisotopic (exact) mass is 259 g/mol. The topological polar surface area (TPSA) is 71.1 Å². The SMILES string of the molecule is CC1(C)CC(Nc2ccc(N)c(CC#N)c2)CCO1. The predicted molar refractivity (Wildman–Crippen MR) is 76.8 cm³/mol. The van der Waals surface area contributed by atoms with E-state index in [0.717, 1.165) is 30.7 Å². The first kappa shape index (κ1) is 13.7. The molecule has 1 saturated heterocycles. The maximum atomic E-state index is 8.78. The van der Waals surface area contributed by atoms with Crippen LogP contribution in [0.15, 0.2) is 18.2 Å². The van der Waals surface area contributed by atoms with E-state index in [-0.39, 0.29) is 5.60 Å². The largest absolute Gasteiger partial charge is 0.398 e. The summed E-state index contributed by atoms with van der Waals surface area (Å²) in [4.78, 5) is 0. The quantitative estimate of drug-likeness (QED) is 0.819. The van der Waals surface area contributed by atoms with Gasteiger partial charge in [0.05, 0.1) is 18.1 Å². The molecule has 0 aromatic heterocycles. The van der Waals surface area contributed by atoms with E-state index in [9.17, 15) is 0 Å². The highest BCUT2D eigenvalue weighted by atomic mass is 16.5. The molecule has 0 aliphatic carbocycles. The molecule has 1 heterocycles. The summed E-state index contributed by atoms with van der Waals surface area (Å²) < 4.78 is 5.71. The molecule has 2 rings (SSSR count). The number of nitrogens with two attached hydrogens (primary N) is 1. The normalized spacial score (nSPS) is 21.6. The van der Waals surface area contributed by atoms with Crippen molar-refractivity contribution in [2.75, 3.05) is 17.7 Å². The number of nitrogens with one attached hydrogen (secondary N) is 1. The minimum Gasteiger partial charge on any atom is -0.398 e. The van der Waals surface area contributed by atoms with Gasteiger partial charge in [0.25, 0.3) is 0 Å². The molecule has 4 heteroatoms. The van der Waals surface area contributed by atoms with Gasteiger partial charge in [-0.05, 0) is 50.5 Å². The maximum absolute atomic E-state index is 8.78. The second-order valence-electron chi connectivity index (χ2n) is 5.69. The van der Waals surface area contributed by atoms with Crippen LogP contribution in [0.25, 0.3) is 0 Å². The van der Waals surface area contributed by atoms with E-state index in [1.54, 1.807) is 0 Å². The van der Waals surface area contributed by atoms with Crippen molar-refractivity contribution < 1.29 is 4.74 Å². The molecule has 102 valence electrons. The van der Waals surface area contributed by atoms with Gasteiger partial charge in [-0.15, -0.1) is 0 Å². The molecule has 4 nitrogen and oxygen atoms in total. The van der Waals surface area contributed by atoms with Gasteiger partial charge in [0.15, 0.2) is 0 Å². The number of hydrogen-bond donors (Lipinski definition) is 2. The number of hydrogen-bond acceptors (Lipinski definition) is 4. The summed E-state index contributed by atoms with van der Waals surface area (Å²) >= 11 is 0. The molecule has 0 saturated carbocycles. The number of nitrogen functional groups attached to an aromatic ring is 1. The van der Waals surface area contributed by atoms with Gasteiger partial charge in [0, 0.05) is 24.0 Å². The van der Waals surface area contributed by atoms with Crippen LogP contribution in [0.4, 0.5) is 11.4 Å². The Bertz CT molecular complexity index is 491. The Kier molecular flexibility index (Phi) is 3.96. The lowest BCUT2D eigenvalue weighted by molar-refractivity contribution is -0.0553. The first-order valence-corrected chi connectivity index (χ1v) is 6.66. The third kappa shape index (κ3) is 3.62. The van der Waals surface area contributed by atoms with Crippen molar-refractivity contribution in [3.05, 3.63) is 23.8 Å². The molecule has 1 aliphatic rings. The van der Waals surface area contributed by atoms with Crippen molar-refractivity contribution >= 4 is 11.4 Å². The van der Waals surface area contributed by atoms with Crippen molar-refractivity contribution in [3.8, 4) is 6.07 Å². The Labute approximate surface area is 114 Å². The highest BCUT2D eigenvalue weighted by Crippen LogP contribution is 2.27. The van der Waals surface area contributed by atoms with Crippen LogP contribution in [0.1, 0.15) is 32.3 Å². The zero-order valence-electron chi connectivity index (χ0n) is 11.6. The number of ether oxygens (including phenoxy) is 1. The minimum absolute atomic E-state index is 0.0702. The molecule has 0 radical (unpaired) electrons. The highest BCUT2D eigenvalue weighted by Gasteiger charge is 2.28. The highest BCUT2D eigenvalue weighted by molar-refractivity contribution is 5.58. The zero-order chi connectivity index (χ0) is 13.9. The van der Waals surface area contributed by atoms with Gasteiger partial charge in [0.1, 0.15) is 0 Å². The summed E-state index contributed by atoms with van der Waals surface area (Å²) in [5.74, 6) is 0. The summed E-state index contributed by atoms with van der Waals surface area (Å²) in [6.45, 7) is 5.01. The van der Waals surface area contributed by atoms with Gasteiger partial charge in [-0.3, -0.25) is 0 Å². The van der Waals surface area contributed by atoms with Crippen LogP contribution >= 0.6 is 0 Å². The fraction of sp³-hybridized carbons (Fsp3) is 0.533. The molecular formula is C15H21N3O. The van der Waals surface area contributed by atoms with Gasteiger partial charge in [-0.1, -0.05) is 0 Å². The molecule has 1 atom stereocenters. The Morgan fingerprint density at radius 2 is 2.32 bits per heavy atom. The lowest BCUT2D eigenvalue weighted by Gasteiger charge is -2.36. The van der Waals surface area contributed by atoms with Gasteiger partial charge in [-0.25, -0.2) is 0 Å². The Morgan fingerprint density at radius 1 is 1.53 bits per heavy atom. The van der Waals surface area contributed by atoms with Crippen molar-refractivity contribution in [2.45, 2.75) is 44.8 Å². The molecule has 1 unspecified atom stereocenters. The first-order chi connectivity index (χ1) is 9.00. The van der Waals surface area contributed by atoms with Crippen molar-refractivity contribution in [3.63, 3.8) is 0 Å². The minimum atomic E-state index is -0.0702. The molecule has 1 fully saturated rings. The Balaban J connectivity index is 2.07. The third-order valence-electron chi connectivity index (χ3n) is 3.48. The summed E-state index contributed by atoms with van der Waals surface area (Å²) in [5.41, 5.74) is 8.38. The second kappa shape index (κ2) is 5.50. The average Bonchev–Trinajstić information content (AvgIpc) is 2.32. The van der Waals surface area contributed by atoms with Crippen LogP contribution in [0, 0.1) is 11.3 Å². The zero-order valence-corrected chi connectivity index (χ0v) is 11.6. The standard InChI is InChI=1S/C15H21N3O/c1-15(2)10-13(6-8-19-15)18-12-3-4-14(17)11(9-12)5-7-16/h3-4,9,13,18H,5-6,8,10,17H2,1-2H3. The molecule has 1 aromatic carbocycles. The Hall–Kier alpha value is -1.73. The number of benzene rings is 1. The van der Waals surface area contributed by atoms with Crippen LogP contribution in [0.5, 0.6) is 0 Å². The van der Waals surface area contributed by atoms with E-state index in [1.165, 1.54) is 0 Å². The average molecular weight is 259 g/mol. The van der Waals surface area contributed by atoms with Crippen LogP contribution in [-0.4, -0.2) is 18.2 Å². The van der Waals surface area contributed by atoms with E-state index < -0.39 is 0 Å².